The Labute approximate surface area is 170 Å². The lowest BCUT2D eigenvalue weighted by Crippen LogP contribution is -2.43. The molecule has 0 aromatic heterocycles. The summed E-state index contributed by atoms with van der Waals surface area (Å²) >= 11 is 0. The van der Waals surface area contributed by atoms with Gasteiger partial charge in [0.1, 0.15) is 5.75 Å². The van der Waals surface area contributed by atoms with Crippen molar-refractivity contribution in [1.82, 2.24) is 4.31 Å². The lowest BCUT2D eigenvalue weighted by molar-refractivity contribution is -0.121. The Morgan fingerprint density at radius 2 is 1.97 bits per heavy atom. The van der Waals surface area contributed by atoms with Crippen LogP contribution >= 0.6 is 0 Å². The largest absolute Gasteiger partial charge is 0.497 e. The van der Waals surface area contributed by atoms with Crippen LogP contribution in [0.1, 0.15) is 36.4 Å². The zero-order valence-electron chi connectivity index (χ0n) is 16.3. The number of anilines is 1. The summed E-state index contributed by atoms with van der Waals surface area (Å²) in [5.41, 5.74) is 1.50. The number of hydrogen-bond donors (Lipinski definition) is 1. The molecule has 6 nitrogen and oxygen atoms in total. The number of benzene rings is 2. The van der Waals surface area contributed by atoms with E-state index < -0.39 is 21.5 Å². The van der Waals surface area contributed by atoms with E-state index in [0.717, 1.165) is 29.7 Å². The van der Waals surface area contributed by atoms with Crippen LogP contribution in [0.25, 0.3) is 0 Å². The number of nitrogens with zero attached hydrogens (tertiary/aromatic N) is 1. The predicted molar refractivity (Wildman–Crippen MR) is 110 cm³/mol. The predicted octanol–water partition coefficient (Wildman–Crippen LogP) is 3.07. The lowest BCUT2D eigenvalue weighted by atomic mass is 9.73. The minimum absolute atomic E-state index is 0.129. The maximum Gasteiger partial charge on any atom is 0.237 e. The van der Waals surface area contributed by atoms with Crippen molar-refractivity contribution in [3.63, 3.8) is 0 Å². The van der Waals surface area contributed by atoms with E-state index in [-0.39, 0.29) is 17.6 Å². The van der Waals surface area contributed by atoms with Crippen LogP contribution in [-0.4, -0.2) is 38.0 Å². The van der Waals surface area contributed by atoms with Gasteiger partial charge in [-0.2, -0.15) is 4.31 Å². The number of hydrogen-bond acceptors (Lipinski definition) is 4. The van der Waals surface area contributed by atoms with Crippen LogP contribution in [0.3, 0.4) is 0 Å². The Balaban J connectivity index is 1.68. The van der Waals surface area contributed by atoms with Crippen LogP contribution in [0.4, 0.5) is 5.69 Å². The number of fused-ring (bicyclic) bond motifs is 2. The molecule has 29 heavy (non-hydrogen) atoms. The minimum atomic E-state index is -3.49. The van der Waals surface area contributed by atoms with Gasteiger partial charge in [0.2, 0.25) is 15.9 Å². The molecule has 3 aliphatic rings. The highest BCUT2D eigenvalue weighted by Gasteiger charge is 2.60. The minimum Gasteiger partial charge on any atom is -0.497 e. The van der Waals surface area contributed by atoms with E-state index in [0.29, 0.717) is 18.7 Å². The van der Waals surface area contributed by atoms with Gasteiger partial charge in [-0.05, 0) is 54.5 Å². The van der Waals surface area contributed by atoms with Gasteiger partial charge in [0.15, 0.2) is 0 Å². The topological polar surface area (TPSA) is 75.7 Å². The summed E-state index contributed by atoms with van der Waals surface area (Å²) in [6, 6.07) is 14.5. The normalized spacial score (nSPS) is 26.5. The zero-order valence-corrected chi connectivity index (χ0v) is 17.1. The highest BCUT2D eigenvalue weighted by molar-refractivity contribution is 7.89. The molecule has 7 heteroatoms. The molecule has 1 aliphatic carbocycles. The smallest absolute Gasteiger partial charge is 0.237 e. The summed E-state index contributed by atoms with van der Waals surface area (Å²) in [7, 11) is -1.90. The maximum atomic E-state index is 13.3. The molecule has 2 aromatic rings. The van der Waals surface area contributed by atoms with Crippen LogP contribution < -0.4 is 10.1 Å². The molecular weight excluding hydrogens is 388 g/mol. The molecule has 2 aliphatic heterocycles. The van der Waals surface area contributed by atoms with Gasteiger partial charge in [0.25, 0.3) is 0 Å². The van der Waals surface area contributed by atoms with E-state index in [1.165, 1.54) is 0 Å². The molecule has 0 radical (unpaired) electrons. The van der Waals surface area contributed by atoms with Crippen LogP contribution in [0, 0.1) is 5.92 Å². The summed E-state index contributed by atoms with van der Waals surface area (Å²) in [6.07, 6.45) is 2.39. The van der Waals surface area contributed by atoms with Crippen LogP contribution in [0.5, 0.6) is 5.75 Å². The van der Waals surface area contributed by atoms with Crippen LogP contribution in [0.2, 0.25) is 0 Å². The monoisotopic (exact) mass is 412 g/mol. The van der Waals surface area contributed by atoms with Crippen molar-refractivity contribution in [3.8, 4) is 5.75 Å². The Bertz CT molecular complexity index is 1080. The molecule has 1 saturated heterocycles. The van der Waals surface area contributed by atoms with E-state index >= 15 is 0 Å². The first-order valence-corrected chi connectivity index (χ1v) is 11.6. The summed E-state index contributed by atoms with van der Waals surface area (Å²) in [4.78, 5) is 13.3. The molecule has 5 rings (SSSR count). The molecule has 2 heterocycles. The van der Waals surface area contributed by atoms with E-state index in [9.17, 15) is 13.2 Å². The summed E-state index contributed by atoms with van der Waals surface area (Å²) in [6.45, 7) is 0.332. The highest BCUT2D eigenvalue weighted by atomic mass is 32.2. The molecule has 1 amide bonds. The Kier molecular flexibility index (Phi) is 4.22. The van der Waals surface area contributed by atoms with Crippen molar-refractivity contribution in [2.75, 3.05) is 24.7 Å². The maximum absolute atomic E-state index is 13.3. The standard InChI is InChI=1S/C22H24N2O4S/c1-28-17-6-4-5-16(13-17)20-22(18-7-2-3-8-19(18)23-21(22)25)11-12-24(20)29(26,27)14-15-9-10-15/h2-8,13,15,20H,9-12,14H2,1H3,(H,23,25)/t20-,22+/m0/s1. The van der Waals surface area contributed by atoms with Gasteiger partial charge in [-0.3, -0.25) is 4.79 Å². The van der Waals surface area contributed by atoms with Crippen LogP contribution in [-0.2, 0) is 20.2 Å². The number of amides is 1. The molecule has 1 N–H and O–H groups in total. The third-order valence-corrected chi connectivity index (χ3v) is 8.45. The van der Waals surface area contributed by atoms with Gasteiger partial charge < -0.3 is 10.1 Å². The third kappa shape index (κ3) is 2.87. The fourth-order valence-electron chi connectivity index (χ4n) is 4.90. The van der Waals surface area contributed by atoms with Crippen molar-refractivity contribution in [2.24, 2.45) is 5.92 Å². The number of carbonyl (C=O) groups excluding carboxylic acids is 1. The van der Waals surface area contributed by atoms with E-state index in [4.69, 9.17) is 4.74 Å². The molecule has 2 fully saturated rings. The SMILES string of the molecule is COc1cccc([C@@H]2N(S(=O)(=O)CC3CC3)CC[C@]23C(=O)Nc2ccccc23)c1. The number of para-hydroxylation sites is 1. The van der Waals surface area contributed by atoms with Gasteiger partial charge in [-0.25, -0.2) is 8.42 Å². The first-order chi connectivity index (χ1) is 14.0. The zero-order chi connectivity index (χ0) is 20.2. The van der Waals surface area contributed by atoms with Crippen molar-refractivity contribution < 1.29 is 17.9 Å². The van der Waals surface area contributed by atoms with Crippen LogP contribution in [0.15, 0.2) is 48.5 Å². The fraction of sp³-hybridized carbons (Fsp3) is 0.409. The second-order valence-electron chi connectivity index (χ2n) is 8.23. The van der Waals surface area contributed by atoms with E-state index in [1.807, 2.05) is 48.5 Å². The van der Waals surface area contributed by atoms with Crippen molar-refractivity contribution in [3.05, 3.63) is 59.7 Å². The summed E-state index contributed by atoms with van der Waals surface area (Å²) in [5, 5.41) is 2.99. The van der Waals surface area contributed by atoms with Crippen molar-refractivity contribution in [1.29, 1.82) is 0 Å². The number of carbonyl (C=O) groups is 1. The van der Waals surface area contributed by atoms with Gasteiger partial charge in [-0.1, -0.05) is 30.3 Å². The summed E-state index contributed by atoms with van der Waals surface area (Å²) in [5.74, 6) is 0.922. The molecule has 0 unspecified atom stereocenters. The second-order valence-corrected chi connectivity index (χ2v) is 10.2. The van der Waals surface area contributed by atoms with E-state index in [2.05, 4.69) is 5.32 Å². The Morgan fingerprint density at radius 1 is 1.17 bits per heavy atom. The molecule has 152 valence electrons. The average molecular weight is 413 g/mol. The molecule has 1 spiro atoms. The quantitative estimate of drug-likeness (QED) is 0.819. The number of sulfonamides is 1. The average Bonchev–Trinajstić information content (AvgIpc) is 3.34. The third-order valence-electron chi connectivity index (χ3n) is 6.45. The van der Waals surface area contributed by atoms with Gasteiger partial charge >= 0.3 is 0 Å². The van der Waals surface area contributed by atoms with Gasteiger partial charge in [-0.15, -0.1) is 0 Å². The first kappa shape index (κ1) is 18.6. The van der Waals surface area contributed by atoms with Crippen molar-refractivity contribution >= 4 is 21.6 Å². The van der Waals surface area contributed by atoms with Gasteiger partial charge in [0, 0.05) is 12.2 Å². The number of methoxy groups -OCH3 is 1. The summed E-state index contributed by atoms with van der Waals surface area (Å²) < 4.78 is 33.6. The number of ether oxygens (including phenoxy) is 1. The Hall–Kier alpha value is -2.38. The lowest BCUT2D eigenvalue weighted by Gasteiger charge is -2.34. The molecule has 2 aromatic carbocycles. The second kappa shape index (κ2) is 6.57. The first-order valence-electron chi connectivity index (χ1n) is 10.00. The molecular formula is C22H24N2O4S. The molecule has 1 saturated carbocycles. The van der Waals surface area contributed by atoms with Gasteiger partial charge in [0.05, 0.1) is 24.3 Å². The fourth-order valence-corrected chi connectivity index (χ4v) is 7.01. The highest BCUT2D eigenvalue weighted by Crippen LogP contribution is 2.56. The molecule has 0 bridgehead atoms. The van der Waals surface area contributed by atoms with Crippen molar-refractivity contribution in [2.45, 2.75) is 30.7 Å². The number of rotatable bonds is 5. The Morgan fingerprint density at radius 3 is 2.72 bits per heavy atom. The van der Waals surface area contributed by atoms with E-state index in [1.54, 1.807) is 11.4 Å². The molecule has 2 atom stereocenters. The number of nitrogens with one attached hydrogen (secondary N) is 1.